The summed E-state index contributed by atoms with van der Waals surface area (Å²) in [5, 5.41) is 11.5. The zero-order chi connectivity index (χ0) is 13.9. The zero-order valence-corrected chi connectivity index (χ0v) is 13.1. The standard InChI is InChI=1S/C14H18BrN5/c1-2-16-8-11-3-4-13(12(15)7-11)19-5-6-20-10-17-18-14(20)9-19/h3-4,7,10,16H,2,5-6,8-9H2,1H3. The number of rotatable bonds is 4. The fraction of sp³-hybridized carbons (Fsp3) is 0.429. The highest BCUT2D eigenvalue weighted by atomic mass is 79.9. The normalized spacial score (nSPS) is 14.4. The number of aromatic nitrogens is 3. The van der Waals surface area contributed by atoms with E-state index in [0.29, 0.717) is 0 Å². The quantitative estimate of drug-likeness (QED) is 0.930. The molecule has 0 saturated heterocycles. The fourth-order valence-corrected chi connectivity index (χ4v) is 3.14. The molecule has 106 valence electrons. The highest BCUT2D eigenvalue weighted by molar-refractivity contribution is 9.10. The van der Waals surface area contributed by atoms with Gasteiger partial charge in [-0.2, -0.15) is 0 Å². The Kier molecular flexibility index (Phi) is 4.03. The lowest BCUT2D eigenvalue weighted by Gasteiger charge is -2.30. The Morgan fingerprint density at radius 3 is 3.05 bits per heavy atom. The van der Waals surface area contributed by atoms with Crippen LogP contribution in [0, 0.1) is 0 Å². The number of nitrogens with one attached hydrogen (secondary N) is 1. The predicted molar refractivity (Wildman–Crippen MR) is 82.6 cm³/mol. The minimum atomic E-state index is 0.811. The van der Waals surface area contributed by atoms with Gasteiger partial charge in [-0.15, -0.1) is 10.2 Å². The lowest BCUT2D eigenvalue weighted by atomic mass is 10.2. The minimum absolute atomic E-state index is 0.811. The third-order valence-corrected chi connectivity index (χ3v) is 4.21. The molecule has 6 heteroatoms. The van der Waals surface area contributed by atoms with E-state index in [0.717, 1.165) is 43.0 Å². The van der Waals surface area contributed by atoms with Crippen LogP contribution in [-0.2, 0) is 19.6 Å². The average Bonchev–Trinajstić information content (AvgIpc) is 2.92. The van der Waals surface area contributed by atoms with Gasteiger partial charge in [0.2, 0.25) is 0 Å². The predicted octanol–water partition coefficient (Wildman–Crippen LogP) is 2.17. The van der Waals surface area contributed by atoms with Gasteiger partial charge < -0.3 is 14.8 Å². The molecule has 20 heavy (non-hydrogen) atoms. The second-order valence-corrected chi connectivity index (χ2v) is 5.78. The summed E-state index contributed by atoms with van der Waals surface area (Å²) in [6.07, 6.45) is 1.81. The lowest BCUT2D eigenvalue weighted by Crippen LogP contribution is -2.33. The molecule has 0 aliphatic carbocycles. The molecule has 2 heterocycles. The molecule has 1 aromatic heterocycles. The van der Waals surface area contributed by atoms with Crippen molar-refractivity contribution in [2.75, 3.05) is 18.0 Å². The van der Waals surface area contributed by atoms with Gasteiger partial charge in [-0.1, -0.05) is 13.0 Å². The Labute approximate surface area is 127 Å². The summed E-state index contributed by atoms with van der Waals surface area (Å²) in [6, 6.07) is 6.56. The molecule has 0 bridgehead atoms. The highest BCUT2D eigenvalue weighted by Crippen LogP contribution is 2.29. The molecule has 0 spiro atoms. The van der Waals surface area contributed by atoms with E-state index in [4.69, 9.17) is 0 Å². The molecule has 0 atom stereocenters. The summed E-state index contributed by atoms with van der Waals surface area (Å²) in [4.78, 5) is 2.34. The number of fused-ring (bicyclic) bond motifs is 1. The molecule has 0 fully saturated rings. The first-order chi connectivity index (χ1) is 9.78. The molecule has 2 aromatic rings. The first kappa shape index (κ1) is 13.6. The summed E-state index contributed by atoms with van der Waals surface area (Å²) in [5.74, 6) is 1.03. The smallest absolute Gasteiger partial charge is 0.152 e. The summed E-state index contributed by atoms with van der Waals surface area (Å²) in [5.41, 5.74) is 2.52. The van der Waals surface area contributed by atoms with E-state index in [9.17, 15) is 0 Å². The van der Waals surface area contributed by atoms with Crippen molar-refractivity contribution in [1.82, 2.24) is 20.1 Å². The Hall–Kier alpha value is -1.40. The van der Waals surface area contributed by atoms with Crippen LogP contribution < -0.4 is 10.2 Å². The molecule has 0 saturated carbocycles. The summed E-state index contributed by atoms with van der Waals surface area (Å²) in [7, 11) is 0. The Morgan fingerprint density at radius 1 is 1.35 bits per heavy atom. The zero-order valence-electron chi connectivity index (χ0n) is 11.5. The molecule has 0 amide bonds. The van der Waals surface area contributed by atoms with E-state index in [2.05, 4.69) is 66.0 Å². The van der Waals surface area contributed by atoms with E-state index in [-0.39, 0.29) is 0 Å². The van der Waals surface area contributed by atoms with Gasteiger partial charge in [-0.3, -0.25) is 0 Å². The minimum Gasteiger partial charge on any atom is -0.361 e. The van der Waals surface area contributed by atoms with Crippen molar-refractivity contribution in [1.29, 1.82) is 0 Å². The van der Waals surface area contributed by atoms with Gasteiger partial charge >= 0.3 is 0 Å². The summed E-state index contributed by atoms with van der Waals surface area (Å²) >= 11 is 3.69. The van der Waals surface area contributed by atoms with Gasteiger partial charge in [0.1, 0.15) is 6.33 Å². The van der Waals surface area contributed by atoms with Crippen molar-refractivity contribution < 1.29 is 0 Å². The molecule has 5 nitrogen and oxygen atoms in total. The number of anilines is 1. The first-order valence-electron chi connectivity index (χ1n) is 6.88. The summed E-state index contributed by atoms with van der Waals surface area (Å²) in [6.45, 7) is 6.74. The van der Waals surface area contributed by atoms with Gasteiger partial charge in [-0.05, 0) is 40.2 Å². The van der Waals surface area contributed by atoms with Crippen LogP contribution in [0.15, 0.2) is 29.0 Å². The monoisotopic (exact) mass is 335 g/mol. The number of halogens is 1. The largest absolute Gasteiger partial charge is 0.361 e. The maximum absolute atomic E-state index is 4.17. The fourth-order valence-electron chi connectivity index (χ4n) is 2.46. The summed E-state index contributed by atoms with van der Waals surface area (Å²) < 4.78 is 3.25. The average molecular weight is 336 g/mol. The molecule has 0 unspecified atom stereocenters. The van der Waals surface area contributed by atoms with Crippen LogP contribution >= 0.6 is 15.9 Å². The van der Waals surface area contributed by atoms with Crippen molar-refractivity contribution >= 4 is 21.6 Å². The van der Waals surface area contributed by atoms with Crippen molar-refractivity contribution in [3.63, 3.8) is 0 Å². The maximum Gasteiger partial charge on any atom is 0.152 e. The van der Waals surface area contributed by atoms with Crippen LogP contribution in [0.25, 0.3) is 0 Å². The van der Waals surface area contributed by atoms with Crippen LogP contribution in [0.4, 0.5) is 5.69 Å². The Bertz CT molecular complexity index is 595. The van der Waals surface area contributed by atoms with Crippen LogP contribution in [0.2, 0.25) is 0 Å². The molecular weight excluding hydrogens is 318 g/mol. The molecule has 1 aromatic carbocycles. The van der Waals surface area contributed by atoms with Crippen molar-refractivity contribution in [2.24, 2.45) is 0 Å². The highest BCUT2D eigenvalue weighted by Gasteiger charge is 2.19. The van der Waals surface area contributed by atoms with E-state index in [1.807, 2.05) is 0 Å². The van der Waals surface area contributed by atoms with Crippen LogP contribution in [0.3, 0.4) is 0 Å². The Morgan fingerprint density at radius 2 is 2.25 bits per heavy atom. The second-order valence-electron chi connectivity index (χ2n) is 4.93. The number of nitrogens with zero attached hydrogens (tertiary/aromatic N) is 4. The van der Waals surface area contributed by atoms with Crippen molar-refractivity contribution in [2.45, 2.75) is 26.6 Å². The van der Waals surface area contributed by atoms with Gasteiger partial charge in [0.25, 0.3) is 0 Å². The van der Waals surface area contributed by atoms with E-state index < -0.39 is 0 Å². The maximum atomic E-state index is 4.17. The third-order valence-electron chi connectivity index (χ3n) is 3.57. The van der Waals surface area contributed by atoms with Gasteiger partial charge in [0.15, 0.2) is 5.82 Å². The van der Waals surface area contributed by atoms with Crippen LogP contribution in [-0.4, -0.2) is 27.9 Å². The third kappa shape index (κ3) is 2.71. The number of hydrogen-bond donors (Lipinski definition) is 1. The molecule has 0 radical (unpaired) electrons. The SMILES string of the molecule is CCNCc1ccc(N2CCn3cnnc3C2)c(Br)c1. The van der Waals surface area contributed by atoms with E-state index >= 15 is 0 Å². The lowest BCUT2D eigenvalue weighted by molar-refractivity contribution is 0.559. The Balaban J connectivity index is 1.78. The molecule has 1 aliphatic heterocycles. The van der Waals surface area contributed by atoms with Crippen LogP contribution in [0.1, 0.15) is 18.3 Å². The first-order valence-corrected chi connectivity index (χ1v) is 7.68. The van der Waals surface area contributed by atoms with E-state index in [1.165, 1.54) is 11.3 Å². The number of benzene rings is 1. The topological polar surface area (TPSA) is 46.0 Å². The molecule has 1 N–H and O–H groups in total. The second kappa shape index (κ2) is 5.93. The van der Waals surface area contributed by atoms with Crippen LogP contribution in [0.5, 0.6) is 0 Å². The molecular formula is C14H18BrN5. The number of hydrogen-bond acceptors (Lipinski definition) is 4. The van der Waals surface area contributed by atoms with E-state index in [1.54, 1.807) is 6.33 Å². The van der Waals surface area contributed by atoms with Gasteiger partial charge in [0.05, 0.1) is 12.2 Å². The van der Waals surface area contributed by atoms with Gasteiger partial charge in [-0.25, -0.2) is 0 Å². The van der Waals surface area contributed by atoms with Crippen molar-refractivity contribution in [3.05, 3.63) is 40.4 Å². The molecule has 3 rings (SSSR count). The van der Waals surface area contributed by atoms with Gasteiger partial charge in [0, 0.05) is 24.1 Å². The molecule has 1 aliphatic rings. The van der Waals surface area contributed by atoms with Crippen molar-refractivity contribution in [3.8, 4) is 0 Å².